The van der Waals surface area contributed by atoms with E-state index in [1.165, 1.54) is 12.3 Å². The molecule has 5 nitrogen and oxygen atoms in total. The van der Waals surface area contributed by atoms with Gasteiger partial charge in [-0.1, -0.05) is 0 Å². The van der Waals surface area contributed by atoms with Crippen LogP contribution in [0.15, 0.2) is 23.1 Å². The maximum Gasteiger partial charge on any atom is 0.254 e. The first-order chi connectivity index (χ1) is 8.70. The first-order valence-electron chi connectivity index (χ1n) is 5.97. The van der Waals surface area contributed by atoms with Gasteiger partial charge in [-0.05, 0) is 6.07 Å². The molecule has 1 aromatic rings. The topological polar surface area (TPSA) is 56.4 Å². The van der Waals surface area contributed by atoms with Gasteiger partial charge >= 0.3 is 0 Å². The van der Waals surface area contributed by atoms with E-state index in [4.69, 9.17) is 11.6 Å². The van der Waals surface area contributed by atoms with Gasteiger partial charge < -0.3 is 9.88 Å². The highest BCUT2D eigenvalue weighted by molar-refractivity contribution is 6.18. The Labute approximate surface area is 110 Å². The van der Waals surface area contributed by atoms with E-state index in [0.29, 0.717) is 24.5 Å². The summed E-state index contributed by atoms with van der Waals surface area (Å²) < 4.78 is 0. The summed E-state index contributed by atoms with van der Waals surface area (Å²) in [6.07, 6.45) is 1.50. The van der Waals surface area contributed by atoms with Crippen LogP contribution in [0.1, 0.15) is 10.4 Å². The van der Waals surface area contributed by atoms with Gasteiger partial charge in [0.2, 0.25) is 5.56 Å². The SMILES string of the molecule is O=C(c1cc[nH]c(=O)c1)N1CCN(CCCl)CC1. The fourth-order valence-corrected chi connectivity index (χ4v) is 2.29. The Kier molecular flexibility index (Phi) is 4.38. The normalized spacial score (nSPS) is 16.8. The molecule has 1 saturated heterocycles. The number of nitrogens with one attached hydrogen (secondary N) is 1. The Hall–Kier alpha value is -1.33. The number of carbonyl (C=O) groups is 1. The molecule has 1 amide bonds. The molecule has 0 aromatic carbocycles. The van der Waals surface area contributed by atoms with Crippen molar-refractivity contribution in [2.45, 2.75) is 0 Å². The van der Waals surface area contributed by atoms with Gasteiger partial charge in [-0.2, -0.15) is 0 Å². The molecule has 0 atom stereocenters. The van der Waals surface area contributed by atoms with Crippen LogP contribution in [0.25, 0.3) is 0 Å². The van der Waals surface area contributed by atoms with Crippen LogP contribution in [0.3, 0.4) is 0 Å². The lowest BCUT2D eigenvalue weighted by Gasteiger charge is -2.34. The summed E-state index contributed by atoms with van der Waals surface area (Å²) in [5.41, 5.74) is 0.200. The van der Waals surface area contributed by atoms with E-state index in [-0.39, 0.29) is 11.5 Å². The van der Waals surface area contributed by atoms with Gasteiger partial charge in [0.25, 0.3) is 5.91 Å². The molecule has 0 spiro atoms. The number of carbonyl (C=O) groups excluding carboxylic acids is 1. The van der Waals surface area contributed by atoms with Crippen molar-refractivity contribution in [3.8, 4) is 0 Å². The maximum atomic E-state index is 12.1. The van der Waals surface area contributed by atoms with Gasteiger partial charge in [-0.25, -0.2) is 0 Å². The molecule has 1 aromatic heterocycles. The van der Waals surface area contributed by atoms with E-state index in [1.54, 1.807) is 11.0 Å². The number of aromatic nitrogens is 1. The molecule has 1 fully saturated rings. The van der Waals surface area contributed by atoms with E-state index in [9.17, 15) is 9.59 Å². The molecule has 2 rings (SSSR count). The zero-order chi connectivity index (χ0) is 13.0. The minimum atomic E-state index is -0.248. The summed E-state index contributed by atoms with van der Waals surface area (Å²) in [5, 5.41) is 0. The highest BCUT2D eigenvalue weighted by Crippen LogP contribution is 2.07. The van der Waals surface area contributed by atoms with E-state index >= 15 is 0 Å². The predicted molar refractivity (Wildman–Crippen MR) is 70.1 cm³/mol. The molecule has 1 aliphatic rings. The molecule has 0 bridgehead atoms. The van der Waals surface area contributed by atoms with Crippen LogP contribution in [0.5, 0.6) is 0 Å². The van der Waals surface area contributed by atoms with Gasteiger partial charge in [0.15, 0.2) is 0 Å². The fourth-order valence-electron chi connectivity index (χ4n) is 2.05. The third-order valence-electron chi connectivity index (χ3n) is 3.08. The Bertz CT molecular complexity index is 466. The standard InChI is InChI=1S/C12H16ClN3O2/c13-2-4-15-5-7-16(8-6-15)12(18)10-1-3-14-11(17)9-10/h1,3,9H,2,4-8H2,(H,14,17). The second-order valence-electron chi connectivity index (χ2n) is 4.26. The van der Waals surface area contributed by atoms with E-state index < -0.39 is 0 Å². The van der Waals surface area contributed by atoms with Gasteiger partial charge in [-0.15, -0.1) is 11.6 Å². The number of H-pyrrole nitrogens is 1. The van der Waals surface area contributed by atoms with Crippen LogP contribution in [-0.4, -0.2) is 59.3 Å². The van der Waals surface area contributed by atoms with E-state index in [1.807, 2.05) is 0 Å². The highest BCUT2D eigenvalue weighted by atomic mass is 35.5. The largest absolute Gasteiger partial charge is 0.336 e. The maximum absolute atomic E-state index is 12.1. The lowest BCUT2D eigenvalue weighted by molar-refractivity contribution is 0.0644. The predicted octanol–water partition coefficient (Wildman–Crippen LogP) is 0.371. The van der Waals surface area contributed by atoms with Gasteiger partial charge in [-0.3, -0.25) is 14.5 Å². The monoisotopic (exact) mass is 269 g/mol. The van der Waals surface area contributed by atoms with Gasteiger partial charge in [0.05, 0.1) is 0 Å². The number of hydrogen-bond acceptors (Lipinski definition) is 3. The van der Waals surface area contributed by atoms with Crippen molar-refractivity contribution in [3.63, 3.8) is 0 Å². The van der Waals surface area contributed by atoms with Crippen molar-refractivity contribution in [3.05, 3.63) is 34.2 Å². The Morgan fingerprint density at radius 3 is 2.67 bits per heavy atom. The zero-order valence-corrected chi connectivity index (χ0v) is 10.8. The van der Waals surface area contributed by atoms with E-state index in [2.05, 4.69) is 9.88 Å². The minimum absolute atomic E-state index is 0.0772. The molecular formula is C12H16ClN3O2. The van der Waals surface area contributed by atoms with Crippen LogP contribution in [0, 0.1) is 0 Å². The number of pyridine rings is 1. The summed E-state index contributed by atoms with van der Waals surface area (Å²) in [4.78, 5) is 29.8. The zero-order valence-electron chi connectivity index (χ0n) is 10.1. The second kappa shape index (κ2) is 6.02. The molecule has 0 aliphatic carbocycles. The molecule has 0 unspecified atom stereocenters. The summed E-state index contributed by atoms with van der Waals surface area (Å²) in [7, 11) is 0. The number of aromatic amines is 1. The number of hydrogen-bond donors (Lipinski definition) is 1. The molecule has 18 heavy (non-hydrogen) atoms. The van der Waals surface area contributed by atoms with Crippen molar-refractivity contribution in [1.82, 2.24) is 14.8 Å². The molecule has 1 N–H and O–H groups in total. The van der Waals surface area contributed by atoms with Gasteiger partial charge in [0.1, 0.15) is 0 Å². The number of alkyl halides is 1. The summed E-state index contributed by atoms with van der Waals surface area (Å²) in [5.74, 6) is 0.536. The fraction of sp³-hybridized carbons (Fsp3) is 0.500. The average Bonchev–Trinajstić information content (AvgIpc) is 2.39. The van der Waals surface area contributed by atoms with Crippen LogP contribution >= 0.6 is 11.6 Å². The molecule has 98 valence electrons. The van der Waals surface area contributed by atoms with Crippen LogP contribution in [0.4, 0.5) is 0 Å². The number of piperazine rings is 1. The molecule has 0 radical (unpaired) electrons. The Morgan fingerprint density at radius 1 is 1.33 bits per heavy atom. The lowest BCUT2D eigenvalue weighted by Crippen LogP contribution is -2.49. The molecular weight excluding hydrogens is 254 g/mol. The third-order valence-corrected chi connectivity index (χ3v) is 3.25. The van der Waals surface area contributed by atoms with Gasteiger partial charge in [0, 0.05) is 56.4 Å². The first kappa shape index (κ1) is 13.1. The molecule has 2 heterocycles. The number of amides is 1. The first-order valence-corrected chi connectivity index (χ1v) is 6.50. The van der Waals surface area contributed by atoms with Crippen molar-refractivity contribution in [2.75, 3.05) is 38.6 Å². The Morgan fingerprint density at radius 2 is 2.06 bits per heavy atom. The minimum Gasteiger partial charge on any atom is -0.336 e. The summed E-state index contributed by atoms with van der Waals surface area (Å²) in [6, 6.07) is 2.97. The number of halogens is 1. The summed E-state index contributed by atoms with van der Waals surface area (Å²) >= 11 is 5.69. The van der Waals surface area contributed by atoms with Crippen LogP contribution in [0.2, 0.25) is 0 Å². The van der Waals surface area contributed by atoms with Crippen molar-refractivity contribution >= 4 is 17.5 Å². The average molecular weight is 270 g/mol. The Balaban J connectivity index is 1.97. The third kappa shape index (κ3) is 3.11. The smallest absolute Gasteiger partial charge is 0.254 e. The molecule has 0 saturated carbocycles. The quantitative estimate of drug-likeness (QED) is 0.807. The molecule has 6 heteroatoms. The van der Waals surface area contributed by atoms with Crippen molar-refractivity contribution < 1.29 is 4.79 Å². The number of nitrogens with zero attached hydrogens (tertiary/aromatic N) is 2. The van der Waals surface area contributed by atoms with Crippen LogP contribution < -0.4 is 5.56 Å². The van der Waals surface area contributed by atoms with E-state index in [0.717, 1.165) is 19.6 Å². The summed E-state index contributed by atoms with van der Waals surface area (Å²) in [6.45, 7) is 3.89. The molecule has 1 aliphatic heterocycles. The highest BCUT2D eigenvalue weighted by Gasteiger charge is 2.21. The lowest BCUT2D eigenvalue weighted by atomic mass is 10.2. The second-order valence-corrected chi connectivity index (χ2v) is 4.64. The number of rotatable bonds is 3. The van der Waals surface area contributed by atoms with Crippen LogP contribution in [-0.2, 0) is 0 Å². The van der Waals surface area contributed by atoms with Crippen molar-refractivity contribution in [2.24, 2.45) is 0 Å². The van der Waals surface area contributed by atoms with Crippen molar-refractivity contribution in [1.29, 1.82) is 0 Å².